The van der Waals surface area contributed by atoms with Crippen LogP contribution in [-0.4, -0.2) is 32.3 Å². The summed E-state index contributed by atoms with van der Waals surface area (Å²) >= 11 is 0. The molecule has 0 bridgehead atoms. The summed E-state index contributed by atoms with van der Waals surface area (Å²) in [4.78, 5) is 35.8. The molecule has 0 saturated heterocycles. The number of hydrogen-bond donors (Lipinski definition) is 2. The molecule has 0 fully saturated rings. The Bertz CT molecular complexity index is 636. The van der Waals surface area contributed by atoms with Crippen molar-refractivity contribution in [1.29, 1.82) is 0 Å². The zero-order valence-corrected chi connectivity index (χ0v) is 13.0. The Morgan fingerprint density at radius 2 is 1.95 bits per heavy atom. The van der Waals surface area contributed by atoms with Gasteiger partial charge in [0.05, 0.1) is 5.69 Å². The lowest BCUT2D eigenvalue weighted by molar-refractivity contribution is -0.144. The van der Waals surface area contributed by atoms with Gasteiger partial charge in [0.1, 0.15) is 11.1 Å². The fourth-order valence-corrected chi connectivity index (χ4v) is 2.15. The largest absolute Gasteiger partial charge is 0.480 e. The van der Waals surface area contributed by atoms with Crippen LogP contribution in [0.25, 0.3) is 0 Å². The summed E-state index contributed by atoms with van der Waals surface area (Å²) in [6.45, 7) is 6.57. The number of aliphatic carboxylic acids is 1. The van der Waals surface area contributed by atoms with E-state index in [2.05, 4.69) is 10.4 Å². The Labute approximate surface area is 123 Å². The van der Waals surface area contributed by atoms with Crippen LogP contribution in [0.1, 0.15) is 48.3 Å². The van der Waals surface area contributed by atoms with Gasteiger partial charge in [0, 0.05) is 7.05 Å². The number of carbonyl (C=O) groups excluding carboxylic acids is 1. The molecular formula is C14H21N3O4. The van der Waals surface area contributed by atoms with Crippen molar-refractivity contribution >= 4 is 11.9 Å². The normalized spacial score (nSPS) is 13.6. The second kappa shape index (κ2) is 6.07. The third-order valence-electron chi connectivity index (χ3n) is 3.56. The number of hydrogen-bond acceptors (Lipinski definition) is 4. The molecule has 0 aliphatic rings. The van der Waals surface area contributed by atoms with Gasteiger partial charge in [0.2, 0.25) is 0 Å². The van der Waals surface area contributed by atoms with Gasteiger partial charge in [0.25, 0.3) is 11.5 Å². The van der Waals surface area contributed by atoms with Gasteiger partial charge in [-0.05, 0) is 32.8 Å². The van der Waals surface area contributed by atoms with Crippen molar-refractivity contribution < 1.29 is 14.7 Å². The van der Waals surface area contributed by atoms with Gasteiger partial charge < -0.3 is 10.4 Å². The maximum absolute atomic E-state index is 12.4. The van der Waals surface area contributed by atoms with Gasteiger partial charge >= 0.3 is 5.97 Å². The topological polar surface area (TPSA) is 101 Å². The van der Waals surface area contributed by atoms with E-state index in [9.17, 15) is 19.5 Å². The van der Waals surface area contributed by atoms with Crippen LogP contribution in [-0.2, 0) is 11.8 Å². The number of nitrogens with one attached hydrogen (secondary N) is 1. The smallest absolute Gasteiger partial charge is 0.329 e. The highest BCUT2D eigenvalue weighted by Crippen LogP contribution is 2.14. The lowest BCUT2D eigenvalue weighted by Crippen LogP contribution is -2.53. The maximum atomic E-state index is 12.4. The summed E-state index contributed by atoms with van der Waals surface area (Å²) in [5.41, 5.74) is -0.997. The third-order valence-corrected chi connectivity index (χ3v) is 3.56. The lowest BCUT2D eigenvalue weighted by atomic mass is 9.95. The van der Waals surface area contributed by atoms with Crippen LogP contribution in [0.5, 0.6) is 0 Å². The molecule has 1 amide bonds. The Balaban J connectivity index is 3.27. The van der Waals surface area contributed by atoms with Crippen molar-refractivity contribution in [1.82, 2.24) is 15.1 Å². The second-order valence-electron chi connectivity index (χ2n) is 5.36. The predicted octanol–water partition coefficient (Wildman–Crippen LogP) is 0.770. The van der Waals surface area contributed by atoms with Crippen molar-refractivity contribution in [3.63, 3.8) is 0 Å². The molecule has 0 saturated carbocycles. The van der Waals surface area contributed by atoms with Crippen LogP contribution in [0.2, 0.25) is 0 Å². The van der Waals surface area contributed by atoms with E-state index in [1.165, 1.54) is 14.0 Å². The lowest BCUT2D eigenvalue weighted by Gasteiger charge is -2.26. The molecule has 0 spiro atoms. The SMILES string of the molecule is CCCC(C)(NC(=O)c1c(C)c(C)nn(C)c1=O)C(=O)O. The number of rotatable bonds is 5. The summed E-state index contributed by atoms with van der Waals surface area (Å²) in [6, 6.07) is 0. The van der Waals surface area contributed by atoms with Gasteiger partial charge in [-0.3, -0.25) is 9.59 Å². The van der Waals surface area contributed by atoms with Crippen LogP contribution in [0, 0.1) is 13.8 Å². The van der Waals surface area contributed by atoms with E-state index in [-0.39, 0.29) is 12.0 Å². The van der Waals surface area contributed by atoms with E-state index >= 15 is 0 Å². The molecule has 1 heterocycles. The van der Waals surface area contributed by atoms with Crippen molar-refractivity contribution in [2.75, 3.05) is 0 Å². The van der Waals surface area contributed by atoms with E-state index < -0.39 is 23.0 Å². The number of carboxylic acids is 1. The average molecular weight is 295 g/mol. The summed E-state index contributed by atoms with van der Waals surface area (Å²) in [5, 5.41) is 15.8. The van der Waals surface area contributed by atoms with Crippen molar-refractivity contribution in [2.45, 2.75) is 46.1 Å². The molecule has 21 heavy (non-hydrogen) atoms. The van der Waals surface area contributed by atoms with Crippen LogP contribution >= 0.6 is 0 Å². The van der Waals surface area contributed by atoms with Crippen LogP contribution in [0.3, 0.4) is 0 Å². The van der Waals surface area contributed by atoms with Crippen LogP contribution in [0.15, 0.2) is 4.79 Å². The van der Waals surface area contributed by atoms with Crippen molar-refractivity contribution in [3.8, 4) is 0 Å². The quantitative estimate of drug-likeness (QED) is 0.835. The Hall–Kier alpha value is -2.18. The molecular weight excluding hydrogens is 274 g/mol. The third kappa shape index (κ3) is 3.29. The number of amides is 1. The predicted molar refractivity (Wildman–Crippen MR) is 77.4 cm³/mol. The van der Waals surface area contributed by atoms with E-state index in [4.69, 9.17) is 0 Å². The minimum atomic E-state index is -1.40. The van der Waals surface area contributed by atoms with Gasteiger partial charge in [-0.15, -0.1) is 0 Å². The molecule has 0 aromatic carbocycles. The Kier molecular flexibility index (Phi) is 4.88. The van der Waals surface area contributed by atoms with E-state index in [0.29, 0.717) is 17.7 Å². The Morgan fingerprint density at radius 3 is 2.43 bits per heavy atom. The maximum Gasteiger partial charge on any atom is 0.329 e. The summed E-state index contributed by atoms with van der Waals surface area (Å²) in [7, 11) is 1.45. The molecule has 0 aliphatic heterocycles. The van der Waals surface area contributed by atoms with Crippen LogP contribution in [0.4, 0.5) is 0 Å². The van der Waals surface area contributed by atoms with Crippen molar-refractivity contribution in [2.24, 2.45) is 7.05 Å². The molecule has 0 aliphatic carbocycles. The number of aryl methyl sites for hydroxylation is 2. The minimum Gasteiger partial charge on any atom is -0.480 e. The first-order valence-electron chi connectivity index (χ1n) is 6.74. The summed E-state index contributed by atoms with van der Waals surface area (Å²) in [6.07, 6.45) is 0.868. The first-order valence-corrected chi connectivity index (χ1v) is 6.74. The van der Waals surface area contributed by atoms with Gasteiger partial charge in [0.15, 0.2) is 0 Å². The zero-order chi connectivity index (χ0) is 16.4. The first-order chi connectivity index (χ1) is 9.64. The molecule has 0 radical (unpaired) electrons. The molecule has 1 atom stereocenters. The molecule has 7 nitrogen and oxygen atoms in total. The highest BCUT2D eigenvalue weighted by molar-refractivity contribution is 5.98. The fourth-order valence-electron chi connectivity index (χ4n) is 2.15. The van der Waals surface area contributed by atoms with E-state index in [1.807, 2.05) is 6.92 Å². The standard InChI is InChI=1S/C14H21N3O4/c1-6-7-14(4,13(20)21)15-11(18)10-8(2)9(3)16-17(5)12(10)19/h6-7H2,1-5H3,(H,15,18)(H,20,21). The first kappa shape index (κ1) is 16.9. The Morgan fingerprint density at radius 1 is 1.38 bits per heavy atom. The zero-order valence-electron chi connectivity index (χ0n) is 13.0. The van der Waals surface area contributed by atoms with Crippen molar-refractivity contribution in [3.05, 3.63) is 27.2 Å². The van der Waals surface area contributed by atoms with E-state index in [0.717, 1.165) is 4.68 Å². The second-order valence-corrected chi connectivity index (χ2v) is 5.36. The number of aromatic nitrogens is 2. The van der Waals surface area contributed by atoms with E-state index in [1.54, 1.807) is 13.8 Å². The molecule has 1 rings (SSSR count). The van der Waals surface area contributed by atoms with Crippen LogP contribution < -0.4 is 10.9 Å². The molecule has 116 valence electrons. The van der Waals surface area contributed by atoms with Gasteiger partial charge in [-0.1, -0.05) is 13.3 Å². The average Bonchev–Trinajstić information content (AvgIpc) is 2.36. The molecule has 7 heteroatoms. The molecule has 1 aromatic rings. The van der Waals surface area contributed by atoms with Gasteiger partial charge in [-0.25, -0.2) is 9.48 Å². The molecule has 2 N–H and O–H groups in total. The highest BCUT2D eigenvalue weighted by atomic mass is 16.4. The monoisotopic (exact) mass is 295 g/mol. The number of carboxylic acid groups (broad SMARTS) is 1. The number of nitrogens with zero attached hydrogens (tertiary/aromatic N) is 2. The highest BCUT2D eigenvalue weighted by Gasteiger charge is 2.35. The molecule has 1 aromatic heterocycles. The summed E-state index contributed by atoms with van der Waals surface area (Å²) < 4.78 is 1.08. The fraction of sp³-hybridized carbons (Fsp3) is 0.571. The number of carbonyl (C=O) groups is 2. The van der Waals surface area contributed by atoms with Gasteiger partial charge in [-0.2, -0.15) is 5.10 Å². The minimum absolute atomic E-state index is 0.0615. The molecule has 1 unspecified atom stereocenters. The summed E-state index contributed by atoms with van der Waals surface area (Å²) in [5.74, 6) is -1.81.